The lowest BCUT2D eigenvalue weighted by Crippen LogP contribution is -2.61. The molecule has 0 N–H and O–H groups in total. The van der Waals surface area contributed by atoms with E-state index in [1.807, 2.05) is 37.8 Å². The van der Waals surface area contributed by atoms with Gasteiger partial charge in [-0.05, 0) is 46.8 Å². The van der Waals surface area contributed by atoms with E-state index in [0.29, 0.717) is 6.54 Å². The van der Waals surface area contributed by atoms with E-state index in [0.717, 1.165) is 25.3 Å². The number of carbonyl (C=O) groups excluding carboxylic acids is 1. The Morgan fingerprint density at radius 2 is 2.09 bits per heavy atom. The Labute approximate surface area is 132 Å². The minimum absolute atomic E-state index is 0.239. The molecule has 22 heavy (non-hydrogen) atoms. The Hall–Kier alpha value is -1.69. The normalized spacial score (nSPS) is 19.0. The number of carbonyl (C=O) groups is 1. The molecular weight excluding hydrogens is 280 g/mol. The fourth-order valence-electron chi connectivity index (χ4n) is 2.69. The van der Waals surface area contributed by atoms with Crippen molar-refractivity contribution in [2.45, 2.75) is 52.3 Å². The lowest BCUT2D eigenvalue weighted by Gasteiger charge is -2.46. The summed E-state index contributed by atoms with van der Waals surface area (Å²) in [6.07, 6.45) is 1.44. The van der Waals surface area contributed by atoms with Crippen molar-refractivity contribution in [2.24, 2.45) is 0 Å². The van der Waals surface area contributed by atoms with Crippen LogP contribution in [0.4, 0.5) is 4.79 Å². The lowest BCUT2D eigenvalue weighted by molar-refractivity contribution is -0.0246. The summed E-state index contributed by atoms with van der Waals surface area (Å²) in [7, 11) is 0. The van der Waals surface area contributed by atoms with Crippen LogP contribution in [0.25, 0.3) is 0 Å². The molecule has 0 aliphatic carbocycles. The summed E-state index contributed by atoms with van der Waals surface area (Å²) in [5.41, 5.74) is 0.205. The number of ether oxygens (including phenoxy) is 1. The van der Waals surface area contributed by atoms with Gasteiger partial charge in [-0.1, -0.05) is 0 Å². The molecule has 0 radical (unpaired) electrons. The van der Waals surface area contributed by atoms with Gasteiger partial charge in [-0.3, -0.25) is 4.90 Å². The first-order valence-corrected chi connectivity index (χ1v) is 7.67. The highest BCUT2D eigenvalue weighted by molar-refractivity contribution is 5.69. The largest absolute Gasteiger partial charge is 0.444 e. The summed E-state index contributed by atoms with van der Waals surface area (Å²) >= 11 is 0. The van der Waals surface area contributed by atoms with E-state index >= 15 is 0 Å². The SMILES string of the molecule is CC(C)(C)OC(=O)N1CCN(Cc2cccnn2)CC1(C)C. The predicted octanol–water partition coefficient (Wildman–Crippen LogP) is 2.31. The Bertz CT molecular complexity index is 511. The molecule has 2 rings (SSSR count). The first-order chi connectivity index (χ1) is 10.2. The number of aromatic nitrogens is 2. The molecule has 1 aliphatic heterocycles. The van der Waals surface area contributed by atoms with Crippen molar-refractivity contribution in [2.75, 3.05) is 19.6 Å². The van der Waals surface area contributed by atoms with Crippen LogP contribution in [-0.2, 0) is 11.3 Å². The maximum Gasteiger partial charge on any atom is 0.410 e. The zero-order valence-electron chi connectivity index (χ0n) is 14.2. The van der Waals surface area contributed by atoms with Crippen LogP contribution in [-0.4, -0.2) is 56.9 Å². The molecule has 6 nitrogen and oxygen atoms in total. The van der Waals surface area contributed by atoms with Crippen LogP contribution < -0.4 is 0 Å². The Balaban J connectivity index is 1.99. The van der Waals surface area contributed by atoms with E-state index in [1.54, 1.807) is 6.20 Å². The molecule has 1 aromatic heterocycles. The van der Waals surface area contributed by atoms with E-state index in [1.165, 1.54) is 0 Å². The van der Waals surface area contributed by atoms with Crippen LogP contribution in [0.2, 0.25) is 0 Å². The van der Waals surface area contributed by atoms with Gasteiger partial charge < -0.3 is 9.64 Å². The van der Waals surface area contributed by atoms with Crippen molar-refractivity contribution in [3.05, 3.63) is 24.0 Å². The first-order valence-electron chi connectivity index (χ1n) is 7.67. The maximum absolute atomic E-state index is 12.4. The number of piperazine rings is 1. The number of rotatable bonds is 2. The lowest BCUT2D eigenvalue weighted by atomic mass is 9.99. The topological polar surface area (TPSA) is 58.6 Å². The zero-order valence-corrected chi connectivity index (χ0v) is 14.2. The molecule has 0 spiro atoms. The molecule has 1 aliphatic rings. The van der Waals surface area contributed by atoms with Crippen molar-refractivity contribution in [3.63, 3.8) is 0 Å². The third-order valence-corrected chi connectivity index (χ3v) is 3.61. The quantitative estimate of drug-likeness (QED) is 0.839. The molecule has 1 fully saturated rings. The van der Waals surface area contributed by atoms with Crippen LogP contribution in [0.5, 0.6) is 0 Å². The van der Waals surface area contributed by atoms with Gasteiger partial charge >= 0.3 is 6.09 Å². The molecule has 6 heteroatoms. The van der Waals surface area contributed by atoms with Gasteiger partial charge in [0.2, 0.25) is 0 Å². The van der Waals surface area contributed by atoms with Crippen LogP contribution >= 0.6 is 0 Å². The first kappa shape index (κ1) is 16.7. The molecule has 2 heterocycles. The van der Waals surface area contributed by atoms with Crippen molar-refractivity contribution >= 4 is 6.09 Å². The third kappa shape index (κ3) is 4.40. The van der Waals surface area contributed by atoms with E-state index < -0.39 is 5.60 Å². The molecule has 0 bridgehead atoms. The smallest absolute Gasteiger partial charge is 0.410 e. The highest BCUT2D eigenvalue weighted by Crippen LogP contribution is 2.24. The molecule has 1 aromatic rings. The second-order valence-electron chi connectivity index (χ2n) is 7.37. The molecule has 0 atom stereocenters. The van der Waals surface area contributed by atoms with E-state index in [4.69, 9.17) is 4.74 Å². The summed E-state index contributed by atoms with van der Waals surface area (Å²) in [5, 5.41) is 8.04. The van der Waals surface area contributed by atoms with Gasteiger partial charge in [-0.15, -0.1) is 0 Å². The van der Waals surface area contributed by atoms with Crippen LogP contribution in [0.1, 0.15) is 40.3 Å². The Kier molecular flexibility index (Phi) is 4.70. The van der Waals surface area contributed by atoms with Gasteiger partial charge in [0.15, 0.2) is 0 Å². The average molecular weight is 306 g/mol. The van der Waals surface area contributed by atoms with Gasteiger partial charge in [0.25, 0.3) is 0 Å². The average Bonchev–Trinajstić information content (AvgIpc) is 2.36. The molecule has 0 unspecified atom stereocenters. The predicted molar refractivity (Wildman–Crippen MR) is 84.3 cm³/mol. The number of hydrogen-bond donors (Lipinski definition) is 0. The molecular formula is C16H26N4O2. The van der Waals surface area contributed by atoms with E-state index in [2.05, 4.69) is 28.9 Å². The zero-order chi connectivity index (χ0) is 16.4. The van der Waals surface area contributed by atoms with Crippen LogP contribution in [0.15, 0.2) is 18.3 Å². The summed E-state index contributed by atoms with van der Waals surface area (Å²) in [4.78, 5) is 16.5. The number of nitrogens with zero attached hydrogens (tertiary/aromatic N) is 4. The van der Waals surface area contributed by atoms with E-state index in [9.17, 15) is 4.79 Å². The van der Waals surface area contributed by atoms with Crippen LogP contribution in [0, 0.1) is 0 Å². The van der Waals surface area contributed by atoms with Crippen molar-refractivity contribution < 1.29 is 9.53 Å². The maximum atomic E-state index is 12.4. The Morgan fingerprint density at radius 3 is 2.64 bits per heavy atom. The minimum Gasteiger partial charge on any atom is -0.444 e. The van der Waals surface area contributed by atoms with Gasteiger partial charge in [-0.2, -0.15) is 10.2 Å². The van der Waals surface area contributed by atoms with Crippen molar-refractivity contribution in [1.29, 1.82) is 0 Å². The van der Waals surface area contributed by atoms with Gasteiger partial charge in [0, 0.05) is 32.4 Å². The fraction of sp³-hybridized carbons (Fsp3) is 0.688. The molecule has 0 aromatic carbocycles. The molecule has 122 valence electrons. The summed E-state index contributed by atoms with van der Waals surface area (Å²) in [6, 6.07) is 3.87. The summed E-state index contributed by atoms with van der Waals surface area (Å²) in [5.74, 6) is 0. The second kappa shape index (κ2) is 6.20. The standard InChI is InChI=1S/C16H26N4O2/c1-15(2,3)22-14(21)20-10-9-19(12-16(20,4)5)11-13-7-6-8-17-18-13/h6-8H,9-12H2,1-5H3. The monoisotopic (exact) mass is 306 g/mol. The van der Waals surface area contributed by atoms with Crippen molar-refractivity contribution in [1.82, 2.24) is 20.0 Å². The molecule has 1 amide bonds. The van der Waals surface area contributed by atoms with Gasteiger partial charge in [0.1, 0.15) is 5.60 Å². The van der Waals surface area contributed by atoms with Crippen molar-refractivity contribution in [3.8, 4) is 0 Å². The summed E-state index contributed by atoms with van der Waals surface area (Å²) in [6.45, 7) is 12.8. The minimum atomic E-state index is -0.468. The van der Waals surface area contributed by atoms with Gasteiger partial charge in [0.05, 0.1) is 11.2 Å². The molecule has 1 saturated heterocycles. The number of amides is 1. The summed E-state index contributed by atoms with van der Waals surface area (Å²) < 4.78 is 5.51. The van der Waals surface area contributed by atoms with Gasteiger partial charge in [-0.25, -0.2) is 4.79 Å². The third-order valence-electron chi connectivity index (χ3n) is 3.61. The number of hydrogen-bond acceptors (Lipinski definition) is 5. The second-order valence-corrected chi connectivity index (χ2v) is 7.37. The highest BCUT2D eigenvalue weighted by atomic mass is 16.6. The fourth-order valence-corrected chi connectivity index (χ4v) is 2.69. The van der Waals surface area contributed by atoms with E-state index in [-0.39, 0.29) is 11.6 Å². The highest BCUT2D eigenvalue weighted by Gasteiger charge is 2.38. The molecule has 0 saturated carbocycles. The Morgan fingerprint density at radius 1 is 1.36 bits per heavy atom. The van der Waals surface area contributed by atoms with Crippen LogP contribution in [0.3, 0.4) is 0 Å².